The summed E-state index contributed by atoms with van der Waals surface area (Å²) in [6.07, 6.45) is 5.64. The molecule has 0 aliphatic carbocycles. The van der Waals surface area contributed by atoms with E-state index in [1.54, 1.807) is 13.3 Å². The van der Waals surface area contributed by atoms with Gasteiger partial charge in [0, 0.05) is 31.6 Å². The normalized spacial score (nSPS) is 17.7. The lowest BCUT2D eigenvalue weighted by atomic mass is 10.0. The van der Waals surface area contributed by atoms with Gasteiger partial charge in [-0.15, -0.1) is 0 Å². The Labute approximate surface area is 130 Å². The number of carbonyl (C=O) groups excluding carboxylic acids is 1. The summed E-state index contributed by atoms with van der Waals surface area (Å²) in [5.41, 5.74) is 2.78. The van der Waals surface area contributed by atoms with Gasteiger partial charge in [0.1, 0.15) is 0 Å². The standard InChI is InChI=1S/C18H20N2O2/c1-22-13-15-6-2-3-8-16(15)18(21)20-11-5-9-17(20)14-7-4-10-19-12-14/h2-4,6-8,10,12,17H,5,9,11,13H2,1H3/t17-/m0/s1. The van der Waals surface area contributed by atoms with Crippen molar-refractivity contribution in [2.24, 2.45) is 0 Å². The van der Waals surface area contributed by atoms with Gasteiger partial charge in [0.25, 0.3) is 5.91 Å². The topological polar surface area (TPSA) is 42.4 Å². The fraction of sp³-hybridized carbons (Fsp3) is 0.333. The summed E-state index contributed by atoms with van der Waals surface area (Å²) >= 11 is 0. The summed E-state index contributed by atoms with van der Waals surface area (Å²) in [5.74, 6) is 0.0824. The van der Waals surface area contributed by atoms with Crippen LogP contribution >= 0.6 is 0 Å². The lowest BCUT2D eigenvalue weighted by Crippen LogP contribution is -2.31. The number of rotatable bonds is 4. The molecule has 3 rings (SSSR count). The van der Waals surface area contributed by atoms with Gasteiger partial charge in [-0.2, -0.15) is 0 Å². The minimum Gasteiger partial charge on any atom is -0.380 e. The van der Waals surface area contributed by atoms with Crippen LogP contribution in [0.3, 0.4) is 0 Å². The van der Waals surface area contributed by atoms with E-state index in [2.05, 4.69) is 4.98 Å². The lowest BCUT2D eigenvalue weighted by molar-refractivity contribution is 0.0730. The largest absolute Gasteiger partial charge is 0.380 e. The fourth-order valence-electron chi connectivity index (χ4n) is 3.09. The van der Waals surface area contributed by atoms with Crippen LogP contribution in [-0.2, 0) is 11.3 Å². The zero-order chi connectivity index (χ0) is 15.4. The van der Waals surface area contributed by atoms with Crippen LogP contribution < -0.4 is 0 Å². The predicted octanol–water partition coefficient (Wildman–Crippen LogP) is 3.21. The van der Waals surface area contributed by atoms with E-state index in [1.165, 1.54) is 0 Å². The molecule has 1 atom stereocenters. The number of aromatic nitrogens is 1. The van der Waals surface area contributed by atoms with Crippen LogP contribution in [0, 0.1) is 0 Å². The minimum atomic E-state index is 0.0824. The van der Waals surface area contributed by atoms with Crippen LogP contribution in [0.1, 0.15) is 40.4 Å². The van der Waals surface area contributed by atoms with E-state index in [-0.39, 0.29) is 11.9 Å². The molecule has 1 aromatic carbocycles. The maximum atomic E-state index is 13.0. The molecule has 0 unspecified atom stereocenters. The Kier molecular flexibility index (Phi) is 4.49. The molecule has 1 aromatic heterocycles. The van der Waals surface area contributed by atoms with E-state index in [4.69, 9.17) is 4.74 Å². The van der Waals surface area contributed by atoms with Gasteiger partial charge in [-0.05, 0) is 36.1 Å². The quantitative estimate of drug-likeness (QED) is 0.870. The lowest BCUT2D eigenvalue weighted by Gasteiger charge is -2.25. The molecule has 0 N–H and O–H groups in total. The third kappa shape index (κ3) is 2.88. The van der Waals surface area contributed by atoms with Gasteiger partial charge in [0.15, 0.2) is 0 Å². The molecule has 2 heterocycles. The molecule has 0 saturated carbocycles. The van der Waals surface area contributed by atoms with Crippen molar-refractivity contribution in [3.05, 3.63) is 65.5 Å². The number of methoxy groups -OCH3 is 1. The summed E-state index contributed by atoms with van der Waals surface area (Å²) in [6, 6.07) is 11.8. The molecule has 4 nitrogen and oxygen atoms in total. The number of benzene rings is 1. The molecular weight excluding hydrogens is 276 g/mol. The first-order chi connectivity index (χ1) is 10.8. The molecule has 0 spiro atoms. The first kappa shape index (κ1) is 14.7. The van der Waals surface area contributed by atoms with Crippen LogP contribution in [0.2, 0.25) is 0 Å². The first-order valence-electron chi connectivity index (χ1n) is 7.59. The average molecular weight is 296 g/mol. The Morgan fingerprint density at radius 2 is 2.18 bits per heavy atom. The van der Waals surface area contributed by atoms with Crippen molar-refractivity contribution < 1.29 is 9.53 Å². The van der Waals surface area contributed by atoms with Crippen LogP contribution in [0.4, 0.5) is 0 Å². The van der Waals surface area contributed by atoms with Crippen molar-refractivity contribution in [2.45, 2.75) is 25.5 Å². The van der Waals surface area contributed by atoms with Gasteiger partial charge in [0.05, 0.1) is 12.6 Å². The van der Waals surface area contributed by atoms with E-state index >= 15 is 0 Å². The molecular formula is C18H20N2O2. The van der Waals surface area contributed by atoms with Crippen LogP contribution in [0.25, 0.3) is 0 Å². The third-order valence-electron chi connectivity index (χ3n) is 4.13. The molecule has 1 saturated heterocycles. The number of ether oxygens (including phenoxy) is 1. The SMILES string of the molecule is COCc1ccccc1C(=O)N1CCC[C@H]1c1cccnc1. The van der Waals surface area contributed by atoms with Crippen molar-refractivity contribution in [3.63, 3.8) is 0 Å². The number of nitrogens with zero attached hydrogens (tertiary/aromatic N) is 2. The molecule has 1 amide bonds. The number of hydrogen-bond donors (Lipinski definition) is 0. The minimum absolute atomic E-state index is 0.0824. The highest BCUT2D eigenvalue weighted by Crippen LogP contribution is 2.33. The smallest absolute Gasteiger partial charge is 0.254 e. The Bertz CT molecular complexity index is 643. The number of amides is 1. The number of pyridine rings is 1. The molecule has 0 bridgehead atoms. The second-order valence-electron chi connectivity index (χ2n) is 5.53. The Hall–Kier alpha value is -2.20. The van der Waals surface area contributed by atoms with E-state index in [0.717, 1.165) is 36.1 Å². The van der Waals surface area contributed by atoms with E-state index in [9.17, 15) is 4.79 Å². The maximum absolute atomic E-state index is 13.0. The fourth-order valence-corrected chi connectivity index (χ4v) is 3.09. The zero-order valence-electron chi connectivity index (χ0n) is 12.7. The van der Waals surface area contributed by atoms with E-state index in [0.29, 0.717) is 6.61 Å². The van der Waals surface area contributed by atoms with Crippen molar-refractivity contribution >= 4 is 5.91 Å². The second-order valence-corrected chi connectivity index (χ2v) is 5.53. The number of likely N-dealkylation sites (tertiary alicyclic amines) is 1. The average Bonchev–Trinajstić information content (AvgIpc) is 3.05. The highest BCUT2D eigenvalue weighted by Gasteiger charge is 2.31. The first-order valence-corrected chi connectivity index (χ1v) is 7.59. The van der Waals surface area contributed by atoms with Crippen molar-refractivity contribution in [2.75, 3.05) is 13.7 Å². The number of carbonyl (C=O) groups is 1. The molecule has 22 heavy (non-hydrogen) atoms. The monoisotopic (exact) mass is 296 g/mol. The zero-order valence-corrected chi connectivity index (χ0v) is 12.7. The number of hydrogen-bond acceptors (Lipinski definition) is 3. The van der Waals surface area contributed by atoms with Gasteiger partial charge in [-0.3, -0.25) is 9.78 Å². The van der Waals surface area contributed by atoms with E-state index in [1.807, 2.05) is 47.5 Å². The highest BCUT2D eigenvalue weighted by molar-refractivity contribution is 5.96. The summed E-state index contributed by atoms with van der Waals surface area (Å²) in [4.78, 5) is 19.1. The summed E-state index contributed by atoms with van der Waals surface area (Å²) in [5, 5.41) is 0. The molecule has 1 aliphatic rings. The van der Waals surface area contributed by atoms with Crippen molar-refractivity contribution in [1.29, 1.82) is 0 Å². The molecule has 114 valence electrons. The van der Waals surface area contributed by atoms with Gasteiger partial charge in [0.2, 0.25) is 0 Å². The summed E-state index contributed by atoms with van der Waals surface area (Å²) < 4.78 is 5.21. The maximum Gasteiger partial charge on any atom is 0.254 e. The molecule has 0 radical (unpaired) electrons. The predicted molar refractivity (Wildman–Crippen MR) is 84.4 cm³/mol. The van der Waals surface area contributed by atoms with Crippen molar-refractivity contribution in [1.82, 2.24) is 9.88 Å². The molecule has 1 fully saturated rings. The Morgan fingerprint density at radius 3 is 2.95 bits per heavy atom. The van der Waals surface area contributed by atoms with Gasteiger partial charge in [-0.1, -0.05) is 24.3 Å². The second kappa shape index (κ2) is 6.71. The van der Waals surface area contributed by atoms with Crippen LogP contribution in [-0.4, -0.2) is 29.4 Å². The summed E-state index contributed by atoms with van der Waals surface area (Å²) in [7, 11) is 1.65. The van der Waals surface area contributed by atoms with Gasteiger partial charge >= 0.3 is 0 Å². The molecule has 4 heteroatoms. The van der Waals surface area contributed by atoms with Crippen molar-refractivity contribution in [3.8, 4) is 0 Å². The highest BCUT2D eigenvalue weighted by atomic mass is 16.5. The molecule has 1 aliphatic heterocycles. The molecule has 2 aromatic rings. The van der Waals surface area contributed by atoms with Gasteiger partial charge < -0.3 is 9.64 Å². The Morgan fingerprint density at radius 1 is 1.32 bits per heavy atom. The third-order valence-corrected chi connectivity index (χ3v) is 4.13. The van der Waals surface area contributed by atoms with Crippen LogP contribution in [0.5, 0.6) is 0 Å². The summed E-state index contributed by atoms with van der Waals surface area (Å²) in [6.45, 7) is 1.24. The van der Waals surface area contributed by atoms with Crippen LogP contribution in [0.15, 0.2) is 48.8 Å². The van der Waals surface area contributed by atoms with E-state index < -0.39 is 0 Å². The van der Waals surface area contributed by atoms with Gasteiger partial charge in [-0.25, -0.2) is 0 Å². The Balaban J connectivity index is 1.88.